The molecule has 1 heterocycles. The number of hydrogen-bond acceptors (Lipinski definition) is 7. The van der Waals surface area contributed by atoms with Gasteiger partial charge in [-0.15, -0.1) is 0 Å². The van der Waals surface area contributed by atoms with E-state index in [1.807, 2.05) is 0 Å². The third-order valence-corrected chi connectivity index (χ3v) is 4.58. The number of ketones is 1. The summed E-state index contributed by atoms with van der Waals surface area (Å²) in [6.45, 7) is -0.597. The SMILES string of the molecule is CNC(=O)N(/C=C\C=O)[C@]1(C2CCCC2=O)O[C@H](CO)[C@@H](O)[C@H]1O. The van der Waals surface area contributed by atoms with Crippen LogP contribution < -0.4 is 5.32 Å². The van der Waals surface area contributed by atoms with E-state index in [1.165, 1.54) is 7.05 Å². The van der Waals surface area contributed by atoms with Crippen molar-refractivity contribution >= 4 is 18.1 Å². The average molecular weight is 342 g/mol. The van der Waals surface area contributed by atoms with Crippen LogP contribution in [0.3, 0.4) is 0 Å². The van der Waals surface area contributed by atoms with Crippen molar-refractivity contribution in [3.8, 4) is 0 Å². The van der Waals surface area contributed by atoms with E-state index in [4.69, 9.17) is 4.74 Å². The normalized spacial score (nSPS) is 36.2. The van der Waals surface area contributed by atoms with Crippen LogP contribution in [0.5, 0.6) is 0 Å². The lowest BCUT2D eigenvalue weighted by Crippen LogP contribution is -2.63. The molecule has 4 N–H and O–H groups in total. The molecule has 0 spiro atoms. The number of amides is 2. The maximum atomic E-state index is 12.3. The number of nitrogens with one attached hydrogen (secondary N) is 1. The Balaban J connectivity index is 2.57. The Bertz CT molecular complexity index is 538. The van der Waals surface area contributed by atoms with Crippen molar-refractivity contribution in [2.45, 2.75) is 43.3 Å². The van der Waals surface area contributed by atoms with Crippen LogP contribution in [0.1, 0.15) is 19.3 Å². The molecule has 2 rings (SSSR count). The van der Waals surface area contributed by atoms with E-state index in [9.17, 15) is 29.7 Å². The van der Waals surface area contributed by atoms with E-state index in [2.05, 4.69) is 5.32 Å². The van der Waals surface area contributed by atoms with Crippen molar-refractivity contribution in [1.82, 2.24) is 10.2 Å². The lowest BCUT2D eigenvalue weighted by Gasteiger charge is -2.43. The summed E-state index contributed by atoms with van der Waals surface area (Å²) in [6, 6.07) is -0.724. The molecule has 0 aromatic carbocycles. The topological polar surface area (TPSA) is 136 Å². The molecule has 2 aliphatic rings. The zero-order chi connectivity index (χ0) is 17.9. The molecule has 0 bridgehead atoms. The van der Waals surface area contributed by atoms with E-state index in [-0.39, 0.29) is 12.2 Å². The smallest absolute Gasteiger partial charge is 0.323 e. The number of aliphatic hydroxyl groups is 3. The van der Waals surface area contributed by atoms with Crippen molar-refractivity contribution < 1.29 is 34.4 Å². The number of aliphatic hydroxyl groups excluding tert-OH is 3. The van der Waals surface area contributed by atoms with Gasteiger partial charge in [-0.25, -0.2) is 4.79 Å². The summed E-state index contributed by atoms with van der Waals surface area (Å²) in [5, 5.41) is 32.5. The number of ether oxygens (including phenoxy) is 1. The second-order valence-corrected chi connectivity index (χ2v) is 5.84. The predicted octanol–water partition coefficient (Wildman–Crippen LogP) is -1.48. The first kappa shape index (κ1) is 18.5. The summed E-state index contributed by atoms with van der Waals surface area (Å²) < 4.78 is 5.69. The van der Waals surface area contributed by atoms with Crippen LogP contribution in [0, 0.1) is 5.92 Å². The van der Waals surface area contributed by atoms with Gasteiger partial charge >= 0.3 is 6.03 Å². The third kappa shape index (κ3) is 2.84. The van der Waals surface area contributed by atoms with Gasteiger partial charge in [0.05, 0.1) is 12.5 Å². The highest BCUT2D eigenvalue weighted by Crippen LogP contribution is 2.45. The molecule has 9 heteroatoms. The molecule has 0 radical (unpaired) electrons. The van der Waals surface area contributed by atoms with Crippen molar-refractivity contribution in [3.05, 3.63) is 12.3 Å². The number of carbonyl (C=O) groups excluding carboxylic acids is 3. The molecule has 1 aliphatic carbocycles. The predicted molar refractivity (Wildman–Crippen MR) is 80.6 cm³/mol. The lowest BCUT2D eigenvalue weighted by molar-refractivity contribution is -0.188. The monoisotopic (exact) mass is 342 g/mol. The average Bonchev–Trinajstić information content (AvgIpc) is 3.12. The summed E-state index contributed by atoms with van der Waals surface area (Å²) in [6.07, 6.45) is -0.564. The number of hydrogen-bond donors (Lipinski definition) is 4. The molecule has 5 atom stereocenters. The van der Waals surface area contributed by atoms with Crippen LogP contribution in [0.25, 0.3) is 0 Å². The van der Waals surface area contributed by atoms with Crippen LogP contribution >= 0.6 is 0 Å². The lowest BCUT2D eigenvalue weighted by atomic mass is 9.86. The Kier molecular flexibility index (Phi) is 5.70. The Morgan fingerprint density at radius 2 is 2.21 bits per heavy atom. The number of Topliss-reactive ketones (excluding diaryl/α,β-unsaturated/α-hetero) is 1. The molecule has 2 fully saturated rings. The van der Waals surface area contributed by atoms with E-state index in [1.54, 1.807) is 0 Å². The number of carbonyl (C=O) groups is 3. The highest BCUT2D eigenvalue weighted by Gasteiger charge is 2.64. The van der Waals surface area contributed by atoms with E-state index < -0.39 is 42.6 Å². The van der Waals surface area contributed by atoms with Gasteiger partial charge in [0.15, 0.2) is 5.72 Å². The molecule has 2 amide bonds. The van der Waals surface area contributed by atoms with Crippen LogP contribution in [0.4, 0.5) is 4.79 Å². The Morgan fingerprint density at radius 1 is 1.50 bits per heavy atom. The minimum absolute atomic E-state index is 0.215. The molecule has 134 valence electrons. The molecular formula is C15H22N2O7. The fraction of sp³-hybridized carbons (Fsp3) is 0.667. The minimum atomic E-state index is -1.89. The van der Waals surface area contributed by atoms with Gasteiger partial charge < -0.3 is 25.4 Å². The summed E-state index contributed by atoms with van der Waals surface area (Å²) in [4.78, 5) is 36.2. The molecule has 1 unspecified atom stereocenters. The van der Waals surface area contributed by atoms with Gasteiger partial charge in [-0.1, -0.05) is 0 Å². The zero-order valence-corrected chi connectivity index (χ0v) is 13.3. The highest BCUT2D eigenvalue weighted by molar-refractivity contribution is 5.86. The van der Waals surface area contributed by atoms with Crippen LogP contribution in [-0.2, 0) is 14.3 Å². The fourth-order valence-electron chi connectivity index (χ4n) is 3.47. The van der Waals surface area contributed by atoms with Crippen LogP contribution in [0.2, 0.25) is 0 Å². The third-order valence-electron chi connectivity index (χ3n) is 4.58. The van der Waals surface area contributed by atoms with Crippen molar-refractivity contribution in [3.63, 3.8) is 0 Å². The molecule has 0 aromatic heterocycles. The van der Waals surface area contributed by atoms with Crippen molar-refractivity contribution in [1.29, 1.82) is 0 Å². The number of urea groups is 1. The van der Waals surface area contributed by atoms with Gasteiger partial charge in [0, 0.05) is 19.7 Å². The second kappa shape index (κ2) is 7.39. The fourth-order valence-corrected chi connectivity index (χ4v) is 3.47. The maximum absolute atomic E-state index is 12.3. The van der Waals surface area contributed by atoms with Gasteiger partial charge in [-0.3, -0.25) is 14.5 Å². The molecule has 1 aliphatic heterocycles. The first-order valence-corrected chi connectivity index (χ1v) is 7.74. The quantitative estimate of drug-likeness (QED) is 0.353. The number of allylic oxidation sites excluding steroid dienone is 1. The van der Waals surface area contributed by atoms with E-state index in [0.29, 0.717) is 19.1 Å². The van der Waals surface area contributed by atoms with E-state index >= 15 is 0 Å². The highest BCUT2D eigenvalue weighted by atomic mass is 16.6. The molecule has 9 nitrogen and oxygen atoms in total. The Hall–Kier alpha value is -1.81. The summed E-state index contributed by atoms with van der Waals surface area (Å²) in [7, 11) is 1.34. The second-order valence-electron chi connectivity index (χ2n) is 5.84. The van der Waals surface area contributed by atoms with Gasteiger partial charge in [0.1, 0.15) is 30.4 Å². The molecule has 24 heavy (non-hydrogen) atoms. The van der Waals surface area contributed by atoms with Gasteiger partial charge in [0.25, 0.3) is 0 Å². The standard InChI is InChI=1S/C15H22N2O7/c1-16-14(23)17(6-3-7-18)15(9-4-2-5-10(9)20)13(22)12(21)11(8-19)24-15/h3,6-7,9,11-13,19,21-22H,2,4-5,8H2,1H3,(H,16,23)/b6-3-/t9?,11-,12-,13-,15-/m1/s1. The molecule has 1 saturated carbocycles. The van der Waals surface area contributed by atoms with Crippen LogP contribution in [0.15, 0.2) is 12.3 Å². The number of nitrogens with zero attached hydrogens (tertiary/aromatic N) is 1. The molecule has 0 aromatic rings. The largest absolute Gasteiger partial charge is 0.394 e. The summed E-state index contributed by atoms with van der Waals surface area (Å²) in [5.74, 6) is -1.10. The summed E-state index contributed by atoms with van der Waals surface area (Å²) >= 11 is 0. The Labute approximate surface area is 138 Å². The first-order chi connectivity index (χ1) is 11.4. The summed E-state index contributed by atoms with van der Waals surface area (Å²) in [5.41, 5.74) is -1.89. The molecular weight excluding hydrogens is 320 g/mol. The van der Waals surface area contributed by atoms with Crippen molar-refractivity contribution in [2.75, 3.05) is 13.7 Å². The minimum Gasteiger partial charge on any atom is -0.394 e. The van der Waals surface area contributed by atoms with Crippen molar-refractivity contribution in [2.24, 2.45) is 5.92 Å². The van der Waals surface area contributed by atoms with Gasteiger partial charge in [0.2, 0.25) is 0 Å². The molecule has 1 saturated heterocycles. The first-order valence-electron chi connectivity index (χ1n) is 7.74. The maximum Gasteiger partial charge on any atom is 0.323 e. The van der Waals surface area contributed by atoms with E-state index in [0.717, 1.165) is 17.2 Å². The van der Waals surface area contributed by atoms with Crippen LogP contribution in [-0.4, -0.2) is 76.0 Å². The number of aldehydes is 1. The number of rotatable bonds is 5. The van der Waals surface area contributed by atoms with Gasteiger partial charge in [-0.05, 0) is 18.9 Å². The van der Waals surface area contributed by atoms with Gasteiger partial charge in [-0.2, -0.15) is 0 Å². The Morgan fingerprint density at radius 3 is 2.67 bits per heavy atom. The zero-order valence-electron chi connectivity index (χ0n) is 13.3.